The van der Waals surface area contributed by atoms with Crippen LogP contribution in [0.2, 0.25) is 5.02 Å². The van der Waals surface area contributed by atoms with E-state index in [9.17, 15) is 0 Å². The number of hydrogen-bond acceptors (Lipinski definition) is 3. The Hall–Kier alpha value is -1.29. The second kappa shape index (κ2) is 5.57. The minimum absolute atomic E-state index is 0.315. The van der Waals surface area contributed by atoms with Crippen LogP contribution in [0.15, 0.2) is 12.3 Å². The average Bonchev–Trinajstić information content (AvgIpc) is 2.64. The van der Waals surface area contributed by atoms with Crippen LogP contribution in [0.5, 0.6) is 0 Å². The molecule has 2 aromatic heterocycles. The minimum Gasteiger partial charge on any atom is -0.369 e. The first-order valence-electron chi connectivity index (χ1n) is 6.42. The fourth-order valence-electron chi connectivity index (χ4n) is 2.23. The molecule has 0 amide bonds. The molecular weight excluding hydrogens is 248 g/mol. The highest BCUT2D eigenvalue weighted by Crippen LogP contribution is 2.25. The summed E-state index contributed by atoms with van der Waals surface area (Å²) in [6.45, 7) is 4.36. The second-order valence-electron chi connectivity index (χ2n) is 4.68. The van der Waals surface area contributed by atoms with E-state index in [0.717, 1.165) is 17.6 Å². The van der Waals surface area contributed by atoms with Crippen molar-refractivity contribution in [2.75, 3.05) is 5.73 Å². The number of pyridine rings is 1. The van der Waals surface area contributed by atoms with Gasteiger partial charge < -0.3 is 5.73 Å². The van der Waals surface area contributed by atoms with Gasteiger partial charge in [-0.1, -0.05) is 37.8 Å². The molecule has 0 aliphatic rings. The monoisotopic (exact) mass is 266 g/mol. The summed E-state index contributed by atoms with van der Waals surface area (Å²) >= 11 is 5.91. The number of fused-ring (bicyclic) bond motifs is 1. The molecule has 0 aliphatic heterocycles. The van der Waals surface area contributed by atoms with Gasteiger partial charge in [-0.15, -0.1) is 0 Å². The maximum atomic E-state index is 5.98. The second-order valence-corrected chi connectivity index (χ2v) is 5.12. The van der Waals surface area contributed by atoms with Gasteiger partial charge in [-0.25, -0.2) is 9.97 Å². The zero-order chi connectivity index (χ0) is 13.1. The number of aromatic nitrogens is 3. The quantitative estimate of drug-likeness (QED) is 0.838. The highest BCUT2D eigenvalue weighted by atomic mass is 35.5. The molecule has 2 aromatic rings. The van der Waals surface area contributed by atoms with Crippen molar-refractivity contribution in [3.63, 3.8) is 0 Å². The van der Waals surface area contributed by atoms with Crippen LogP contribution in [0.25, 0.3) is 11.2 Å². The maximum Gasteiger partial charge on any atom is 0.202 e. The lowest BCUT2D eigenvalue weighted by atomic mass is 10.1. The van der Waals surface area contributed by atoms with Crippen LogP contribution in [0.1, 0.15) is 45.6 Å². The smallest absolute Gasteiger partial charge is 0.202 e. The van der Waals surface area contributed by atoms with Crippen LogP contribution in [0.3, 0.4) is 0 Å². The SMILES string of the molecule is CCCCCC(C)n1c(N)nc2cc(Cl)cnc21. The molecule has 5 heteroatoms. The van der Waals surface area contributed by atoms with Crippen LogP contribution < -0.4 is 5.73 Å². The molecule has 98 valence electrons. The van der Waals surface area contributed by atoms with Crippen molar-refractivity contribution in [1.29, 1.82) is 0 Å². The molecule has 1 unspecified atom stereocenters. The summed E-state index contributed by atoms with van der Waals surface area (Å²) in [6, 6.07) is 2.12. The molecule has 0 spiro atoms. The number of nitrogens with zero attached hydrogens (tertiary/aromatic N) is 3. The number of rotatable bonds is 5. The van der Waals surface area contributed by atoms with Crippen molar-refractivity contribution in [3.8, 4) is 0 Å². The first kappa shape index (κ1) is 13.1. The van der Waals surface area contributed by atoms with Gasteiger partial charge >= 0.3 is 0 Å². The summed E-state index contributed by atoms with van der Waals surface area (Å²) in [5, 5.41) is 0.589. The van der Waals surface area contributed by atoms with Crippen molar-refractivity contribution in [2.45, 2.75) is 45.6 Å². The third-order valence-corrected chi connectivity index (χ3v) is 3.40. The Bertz CT molecular complexity index is 535. The molecule has 0 aromatic carbocycles. The van der Waals surface area contributed by atoms with Gasteiger partial charge in [0.2, 0.25) is 5.95 Å². The van der Waals surface area contributed by atoms with E-state index in [1.165, 1.54) is 19.3 Å². The highest BCUT2D eigenvalue weighted by Gasteiger charge is 2.14. The Kier molecular flexibility index (Phi) is 4.07. The van der Waals surface area contributed by atoms with E-state index < -0.39 is 0 Å². The first-order valence-corrected chi connectivity index (χ1v) is 6.80. The minimum atomic E-state index is 0.315. The normalized spacial score (nSPS) is 13.1. The Labute approximate surface area is 112 Å². The van der Waals surface area contributed by atoms with E-state index in [1.807, 2.05) is 4.57 Å². The van der Waals surface area contributed by atoms with Gasteiger partial charge in [0.25, 0.3) is 0 Å². The summed E-state index contributed by atoms with van der Waals surface area (Å²) in [4.78, 5) is 8.66. The lowest BCUT2D eigenvalue weighted by Crippen LogP contribution is -2.09. The van der Waals surface area contributed by atoms with Gasteiger partial charge in [0.05, 0.1) is 5.02 Å². The van der Waals surface area contributed by atoms with E-state index in [1.54, 1.807) is 12.3 Å². The lowest BCUT2D eigenvalue weighted by molar-refractivity contribution is 0.490. The predicted octanol–water partition coefficient (Wildman–Crippen LogP) is 3.81. The van der Waals surface area contributed by atoms with E-state index in [4.69, 9.17) is 17.3 Å². The van der Waals surface area contributed by atoms with E-state index in [2.05, 4.69) is 23.8 Å². The molecule has 0 fully saturated rings. The van der Waals surface area contributed by atoms with Gasteiger partial charge in [-0.3, -0.25) is 4.57 Å². The first-order chi connectivity index (χ1) is 8.63. The van der Waals surface area contributed by atoms with Crippen molar-refractivity contribution in [2.24, 2.45) is 0 Å². The van der Waals surface area contributed by atoms with Crippen molar-refractivity contribution in [3.05, 3.63) is 17.3 Å². The predicted molar refractivity (Wildman–Crippen MR) is 75.8 cm³/mol. The molecule has 0 aliphatic carbocycles. The Morgan fingerprint density at radius 3 is 2.94 bits per heavy atom. The number of unbranched alkanes of at least 4 members (excludes halogenated alkanes) is 2. The Balaban J connectivity index is 2.29. The van der Waals surface area contributed by atoms with Gasteiger partial charge in [-0.2, -0.15) is 0 Å². The molecule has 0 bridgehead atoms. The number of hydrogen-bond donors (Lipinski definition) is 1. The van der Waals surface area contributed by atoms with Crippen LogP contribution in [0, 0.1) is 0 Å². The number of halogens is 1. The number of anilines is 1. The molecule has 2 N–H and O–H groups in total. The Morgan fingerprint density at radius 2 is 2.22 bits per heavy atom. The van der Waals surface area contributed by atoms with E-state index in [-0.39, 0.29) is 0 Å². The van der Waals surface area contributed by atoms with Crippen LogP contribution in [-0.4, -0.2) is 14.5 Å². The van der Waals surface area contributed by atoms with Gasteiger partial charge in [0.1, 0.15) is 5.52 Å². The highest BCUT2D eigenvalue weighted by molar-refractivity contribution is 6.31. The summed E-state index contributed by atoms with van der Waals surface area (Å²) in [7, 11) is 0. The summed E-state index contributed by atoms with van der Waals surface area (Å²) in [5.41, 5.74) is 7.56. The zero-order valence-electron chi connectivity index (χ0n) is 10.9. The Morgan fingerprint density at radius 1 is 1.44 bits per heavy atom. The van der Waals surface area contributed by atoms with Crippen LogP contribution >= 0.6 is 11.6 Å². The topological polar surface area (TPSA) is 56.7 Å². The van der Waals surface area contributed by atoms with Crippen LogP contribution in [-0.2, 0) is 0 Å². The van der Waals surface area contributed by atoms with Gasteiger partial charge in [0, 0.05) is 12.2 Å². The largest absolute Gasteiger partial charge is 0.369 e. The van der Waals surface area contributed by atoms with Crippen molar-refractivity contribution < 1.29 is 0 Å². The summed E-state index contributed by atoms with van der Waals surface area (Å²) in [6.07, 6.45) is 6.40. The van der Waals surface area contributed by atoms with E-state index >= 15 is 0 Å². The number of nitrogens with two attached hydrogens (primary N) is 1. The summed E-state index contributed by atoms with van der Waals surface area (Å²) in [5.74, 6) is 0.517. The molecule has 0 radical (unpaired) electrons. The summed E-state index contributed by atoms with van der Waals surface area (Å²) < 4.78 is 2.00. The van der Waals surface area contributed by atoms with Crippen molar-refractivity contribution >= 4 is 28.7 Å². The lowest BCUT2D eigenvalue weighted by Gasteiger charge is -2.15. The fraction of sp³-hybridized carbons (Fsp3) is 0.538. The molecular formula is C13H19ClN4. The van der Waals surface area contributed by atoms with Crippen molar-refractivity contribution in [1.82, 2.24) is 14.5 Å². The van der Waals surface area contributed by atoms with E-state index in [0.29, 0.717) is 17.0 Å². The molecule has 0 saturated carbocycles. The number of imidazole rings is 1. The molecule has 2 rings (SSSR count). The molecule has 1 atom stereocenters. The molecule has 0 saturated heterocycles. The fourth-order valence-corrected chi connectivity index (χ4v) is 2.38. The molecule has 2 heterocycles. The zero-order valence-corrected chi connectivity index (χ0v) is 11.6. The molecule has 18 heavy (non-hydrogen) atoms. The van der Waals surface area contributed by atoms with Gasteiger partial charge in [0.15, 0.2) is 5.65 Å². The molecule has 4 nitrogen and oxygen atoms in total. The maximum absolute atomic E-state index is 5.98. The standard InChI is InChI=1S/C13H19ClN4/c1-3-4-5-6-9(2)18-12-11(17-13(18)15)7-10(14)8-16-12/h7-9H,3-6H2,1-2H3,(H2,15,17). The third-order valence-electron chi connectivity index (χ3n) is 3.19. The average molecular weight is 267 g/mol. The van der Waals surface area contributed by atoms with Gasteiger partial charge in [-0.05, 0) is 19.4 Å². The third kappa shape index (κ3) is 2.58. The number of nitrogen functional groups attached to an aromatic ring is 1. The van der Waals surface area contributed by atoms with Crippen LogP contribution in [0.4, 0.5) is 5.95 Å².